The molecule has 2 saturated heterocycles. The van der Waals surface area contributed by atoms with Gasteiger partial charge in [0.25, 0.3) is 0 Å². The molecule has 12 heteroatoms. The van der Waals surface area contributed by atoms with Gasteiger partial charge in [-0.25, -0.2) is 19.3 Å². The van der Waals surface area contributed by atoms with Crippen LogP contribution in [0.5, 0.6) is 0 Å². The SMILES string of the molecule is CC1(C(=O)N2CCC(O)C2)COC(c2nc(-c3ccc(F)cc3)c(-c3ccnc(NCCCO)n3)[nH]2)OC1. The van der Waals surface area contributed by atoms with Gasteiger partial charge in [0.15, 0.2) is 5.82 Å². The number of anilines is 1. The number of benzene rings is 1. The molecule has 2 fully saturated rings. The molecule has 3 aromatic rings. The topological polar surface area (TPSA) is 146 Å². The molecule has 2 aliphatic rings. The van der Waals surface area contributed by atoms with E-state index in [9.17, 15) is 14.3 Å². The molecule has 0 saturated carbocycles. The van der Waals surface area contributed by atoms with Crippen LogP contribution in [0.4, 0.5) is 10.3 Å². The molecule has 1 amide bonds. The summed E-state index contributed by atoms with van der Waals surface area (Å²) < 4.78 is 25.6. The van der Waals surface area contributed by atoms with E-state index in [0.29, 0.717) is 66.9 Å². The van der Waals surface area contributed by atoms with Crippen LogP contribution in [0.2, 0.25) is 0 Å². The minimum atomic E-state index is -0.877. The predicted octanol–water partition coefficient (Wildman–Crippen LogP) is 2.11. The molecule has 2 aliphatic heterocycles. The second-order valence-electron chi connectivity index (χ2n) is 9.83. The van der Waals surface area contributed by atoms with Gasteiger partial charge in [-0.1, -0.05) is 0 Å². The van der Waals surface area contributed by atoms with Crippen molar-refractivity contribution in [3.63, 3.8) is 0 Å². The Balaban J connectivity index is 1.39. The van der Waals surface area contributed by atoms with Gasteiger partial charge >= 0.3 is 0 Å². The molecule has 0 spiro atoms. The van der Waals surface area contributed by atoms with Crippen LogP contribution in [0.3, 0.4) is 0 Å². The minimum Gasteiger partial charge on any atom is -0.396 e. The Morgan fingerprint density at radius 2 is 2.00 bits per heavy atom. The lowest BCUT2D eigenvalue weighted by molar-refractivity contribution is -0.234. The number of hydrogen-bond donors (Lipinski definition) is 4. The summed E-state index contributed by atoms with van der Waals surface area (Å²) in [5.41, 5.74) is 1.44. The first-order valence-corrected chi connectivity index (χ1v) is 12.6. The van der Waals surface area contributed by atoms with Crippen LogP contribution in [0, 0.1) is 11.2 Å². The number of carbonyl (C=O) groups is 1. The lowest BCUT2D eigenvalue weighted by Gasteiger charge is -2.37. The highest BCUT2D eigenvalue weighted by Crippen LogP contribution is 2.36. The van der Waals surface area contributed by atoms with E-state index >= 15 is 0 Å². The molecule has 0 bridgehead atoms. The van der Waals surface area contributed by atoms with Crippen molar-refractivity contribution in [2.45, 2.75) is 32.2 Å². The molecular formula is C26H31FN6O5. The van der Waals surface area contributed by atoms with Crippen molar-refractivity contribution >= 4 is 11.9 Å². The summed E-state index contributed by atoms with van der Waals surface area (Å²) in [7, 11) is 0. The van der Waals surface area contributed by atoms with Gasteiger partial charge < -0.3 is 34.9 Å². The van der Waals surface area contributed by atoms with Crippen molar-refractivity contribution in [1.82, 2.24) is 24.8 Å². The normalized spacial score (nSPS) is 23.5. The van der Waals surface area contributed by atoms with Crippen LogP contribution in [0.1, 0.15) is 31.9 Å². The highest BCUT2D eigenvalue weighted by Gasteiger charge is 2.44. The molecule has 5 rings (SSSR count). The molecule has 2 aromatic heterocycles. The molecule has 202 valence electrons. The lowest BCUT2D eigenvalue weighted by atomic mass is 9.90. The maximum absolute atomic E-state index is 13.6. The van der Waals surface area contributed by atoms with Gasteiger partial charge in [0.05, 0.1) is 41.8 Å². The maximum Gasteiger partial charge on any atom is 0.233 e. The molecule has 4 heterocycles. The summed E-state index contributed by atoms with van der Waals surface area (Å²) in [6, 6.07) is 7.70. The summed E-state index contributed by atoms with van der Waals surface area (Å²) in [4.78, 5) is 31.5. The fourth-order valence-corrected chi connectivity index (χ4v) is 4.57. The second kappa shape index (κ2) is 11.1. The molecule has 4 N–H and O–H groups in total. The summed E-state index contributed by atoms with van der Waals surface area (Å²) >= 11 is 0. The van der Waals surface area contributed by atoms with Crippen molar-refractivity contribution in [2.75, 3.05) is 44.8 Å². The average molecular weight is 527 g/mol. The number of aliphatic hydroxyl groups is 2. The van der Waals surface area contributed by atoms with Crippen molar-refractivity contribution in [3.8, 4) is 22.6 Å². The van der Waals surface area contributed by atoms with E-state index in [-0.39, 0.29) is 31.5 Å². The zero-order chi connectivity index (χ0) is 26.7. The van der Waals surface area contributed by atoms with Crippen molar-refractivity contribution in [1.29, 1.82) is 0 Å². The quantitative estimate of drug-likeness (QED) is 0.324. The van der Waals surface area contributed by atoms with E-state index in [1.54, 1.807) is 36.2 Å². The van der Waals surface area contributed by atoms with Crippen LogP contribution >= 0.6 is 0 Å². The van der Waals surface area contributed by atoms with Crippen molar-refractivity contribution in [3.05, 3.63) is 48.2 Å². The summed E-state index contributed by atoms with van der Waals surface area (Å²) in [6.45, 7) is 3.43. The minimum absolute atomic E-state index is 0.0529. The molecule has 0 radical (unpaired) electrons. The number of carbonyl (C=O) groups excluding carboxylic acids is 1. The van der Waals surface area contributed by atoms with Gasteiger partial charge in [0.2, 0.25) is 18.1 Å². The Hall–Kier alpha value is -3.45. The number of nitrogens with zero attached hydrogens (tertiary/aromatic N) is 4. The van der Waals surface area contributed by atoms with E-state index in [1.165, 1.54) is 12.1 Å². The van der Waals surface area contributed by atoms with Crippen LogP contribution in [0.15, 0.2) is 36.5 Å². The van der Waals surface area contributed by atoms with E-state index in [4.69, 9.17) is 19.6 Å². The van der Waals surface area contributed by atoms with Crippen molar-refractivity contribution in [2.24, 2.45) is 5.41 Å². The van der Waals surface area contributed by atoms with Gasteiger partial charge in [-0.3, -0.25) is 4.79 Å². The third kappa shape index (κ3) is 5.53. The number of rotatable bonds is 8. The first-order valence-electron chi connectivity index (χ1n) is 12.6. The Morgan fingerprint density at radius 3 is 2.68 bits per heavy atom. The standard InChI is InChI=1S/C26H31FN6O5/c1-26(24(36)33-11-8-18(35)13-33)14-37-23(38-15-26)22-31-20(16-3-5-17(27)6-4-16)21(32-22)19-7-10-29-25(30-19)28-9-2-12-34/h3-7,10,18,23,34-35H,2,8-9,11-15H2,1H3,(H,31,32)(H,28,29,30). The fourth-order valence-electron chi connectivity index (χ4n) is 4.57. The van der Waals surface area contributed by atoms with Crippen LogP contribution in [-0.4, -0.2) is 86.5 Å². The number of aromatic nitrogens is 4. The third-order valence-electron chi connectivity index (χ3n) is 6.67. The van der Waals surface area contributed by atoms with E-state index < -0.39 is 17.8 Å². The predicted molar refractivity (Wildman–Crippen MR) is 135 cm³/mol. The number of aliphatic hydroxyl groups excluding tert-OH is 2. The van der Waals surface area contributed by atoms with Crippen LogP contribution < -0.4 is 5.32 Å². The van der Waals surface area contributed by atoms with E-state index in [0.717, 1.165) is 0 Å². The number of ether oxygens (including phenoxy) is 2. The Labute approximate surface area is 219 Å². The first kappa shape index (κ1) is 26.2. The Bertz CT molecular complexity index is 1260. The third-order valence-corrected chi connectivity index (χ3v) is 6.67. The zero-order valence-corrected chi connectivity index (χ0v) is 21.1. The molecular weight excluding hydrogens is 495 g/mol. The molecule has 1 atom stereocenters. The summed E-state index contributed by atoms with van der Waals surface area (Å²) in [6.07, 6.45) is 1.38. The number of β-amino-alcohol motifs (C(OH)–C–C–N with tert-alkyl or cyclic N) is 1. The van der Waals surface area contributed by atoms with Crippen LogP contribution in [0.25, 0.3) is 22.6 Å². The lowest BCUT2D eigenvalue weighted by Crippen LogP contribution is -2.49. The highest BCUT2D eigenvalue weighted by molar-refractivity contribution is 5.83. The highest BCUT2D eigenvalue weighted by atomic mass is 19.1. The van der Waals surface area contributed by atoms with Gasteiger partial charge in [0.1, 0.15) is 5.82 Å². The van der Waals surface area contributed by atoms with E-state index in [2.05, 4.69) is 20.3 Å². The molecule has 1 aromatic carbocycles. The van der Waals surface area contributed by atoms with Gasteiger partial charge in [-0.2, -0.15) is 0 Å². The number of amides is 1. The molecule has 11 nitrogen and oxygen atoms in total. The number of halogens is 1. The molecule has 0 aliphatic carbocycles. The second-order valence-corrected chi connectivity index (χ2v) is 9.83. The smallest absolute Gasteiger partial charge is 0.233 e. The Kier molecular flexibility index (Phi) is 7.65. The largest absolute Gasteiger partial charge is 0.396 e. The fraction of sp³-hybridized carbons (Fsp3) is 0.462. The molecule has 38 heavy (non-hydrogen) atoms. The monoisotopic (exact) mass is 526 g/mol. The number of H-pyrrole nitrogens is 1. The van der Waals surface area contributed by atoms with Crippen molar-refractivity contribution < 1.29 is 28.9 Å². The number of imidazole rings is 1. The van der Waals surface area contributed by atoms with Gasteiger partial charge in [0, 0.05) is 38.0 Å². The molecule has 1 unspecified atom stereocenters. The maximum atomic E-state index is 13.6. The first-order chi connectivity index (χ1) is 18.4. The van der Waals surface area contributed by atoms with E-state index in [1.807, 2.05) is 0 Å². The van der Waals surface area contributed by atoms with Gasteiger partial charge in [-0.05, 0) is 50.1 Å². The van der Waals surface area contributed by atoms with Crippen LogP contribution in [-0.2, 0) is 14.3 Å². The number of likely N-dealkylation sites (tertiary alicyclic amines) is 1. The number of aromatic amines is 1. The Morgan fingerprint density at radius 1 is 1.24 bits per heavy atom. The summed E-state index contributed by atoms with van der Waals surface area (Å²) in [5.74, 6) is 0.307. The average Bonchev–Trinajstić information content (AvgIpc) is 3.56. The number of hydrogen-bond acceptors (Lipinski definition) is 9. The van der Waals surface area contributed by atoms with Gasteiger partial charge in [-0.15, -0.1) is 0 Å². The summed E-state index contributed by atoms with van der Waals surface area (Å²) in [5, 5.41) is 21.9. The zero-order valence-electron chi connectivity index (χ0n) is 21.1. The number of nitrogens with one attached hydrogen (secondary N) is 2.